The molecule has 14 N–H and O–H groups in total. The van der Waals surface area contributed by atoms with Crippen molar-refractivity contribution in [3.05, 3.63) is 36.0 Å². The van der Waals surface area contributed by atoms with E-state index in [-0.39, 0.29) is 36.9 Å². The first kappa shape index (κ1) is 50.2. The summed E-state index contributed by atoms with van der Waals surface area (Å²) < 4.78 is 0. The summed E-state index contributed by atoms with van der Waals surface area (Å²) in [7, 11) is 0. The van der Waals surface area contributed by atoms with Crippen LogP contribution in [0.15, 0.2) is 30.5 Å². The minimum Gasteiger partial charge on any atom is -0.481 e. The Hall–Kier alpha value is -6.43. The summed E-state index contributed by atoms with van der Waals surface area (Å²) in [6.45, 7) is 0.456. The molecule has 0 saturated carbocycles. The lowest BCUT2D eigenvalue weighted by Crippen LogP contribution is -2.55. The predicted molar refractivity (Wildman–Crippen MR) is 230 cm³/mol. The summed E-state index contributed by atoms with van der Waals surface area (Å²) in [5.41, 5.74) is 8.18. The summed E-state index contributed by atoms with van der Waals surface area (Å²) in [6.07, 6.45) is 4.10. The normalized spacial score (nSPS) is 18.2. The van der Waals surface area contributed by atoms with Crippen LogP contribution in [0.2, 0.25) is 0 Å². The smallest absolute Gasteiger partial charge is 0.315 e. The average molecular weight is 916 g/mol. The van der Waals surface area contributed by atoms with E-state index in [1.807, 2.05) is 11.8 Å². The van der Waals surface area contributed by atoms with E-state index in [0.717, 1.165) is 29.5 Å². The zero-order valence-corrected chi connectivity index (χ0v) is 36.1. The number of para-hydroxylation sites is 1. The molecule has 2 saturated heterocycles. The molecule has 10 amide bonds. The first-order valence-electron chi connectivity index (χ1n) is 20.9. The number of rotatable bonds is 27. The molecule has 23 nitrogen and oxygen atoms in total. The van der Waals surface area contributed by atoms with E-state index in [1.54, 1.807) is 30.5 Å². The molecule has 4 rings (SSSR count). The highest BCUT2D eigenvalue weighted by molar-refractivity contribution is 8.00. The molecule has 2 fully saturated rings. The van der Waals surface area contributed by atoms with Gasteiger partial charge in [-0.15, -0.1) is 0 Å². The first-order valence-corrected chi connectivity index (χ1v) is 22.0. The van der Waals surface area contributed by atoms with Crippen LogP contribution in [0, 0.1) is 5.92 Å². The number of carboxylic acid groups (broad SMARTS) is 1. The lowest BCUT2D eigenvalue weighted by molar-refractivity contribution is -0.143. The van der Waals surface area contributed by atoms with Crippen molar-refractivity contribution in [3.63, 3.8) is 0 Å². The molecule has 0 bridgehead atoms. The van der Waals surface area contributed by atoms with E-state index in [1.165, 1.54) is 12.4 Å². The van der Waals surface area contributed by atoms with Crippen LogP contribution in [0.1, 0.15) is 70.3 Å². The third-order valence-electron chi connectivity index (χ3n) is 10.7. The second-order valence-electron chi connectivity index (χ2n) is 15.6. The van der Waals surface area contributed by atoms with Gasteiger partial charge in [0.15, 0.2) is 0 Å². The molecule has 350 valence electrons. The van der Waals surface area contributed by atoms with Crippen LogP contribution in [0.25, 0.3) is 10.9 Å². The Bertz CT molecular complexity index is 2030. The number of thioether (sulfide) groups is 1. The van der Waals surface area contributed by atoms with Crippen molar-refractivity contribution in [2.75, 3.05) is 25.4 Å². The number of hydrogen-bond acceptors (Lipinski definition) is 12. The lowest BCUT2D eigenvalue weighted by Gasteiger charge is -2.22. The molecular formula is C40H57N11O12S. The number of aliphatic carboxylic acids is 1. The topological polar surface area (TPSA) is 361 Å². The maximum absolute atomic E-state index is 13.5. The number of unbranched alkanes of at least 4 members (excludes halogenated alkanes) is 2. The highest BCUT2D eigenvalue weighted by Gasteiger charge is 2.42. The number of carbonyl (C=O) groups is 10. The van der Waals surface area contributed by atoms with Gasteiger partial charge in [-0.2, -0.15) is 11.8 Å². The number of primary amides is 1. The highest BCUT2D eigenvalue weighted by atomic mass is 32.2. The molecule has 64 heavy (non-hydrogen) atoms. The van der Waals surface area contributed by atoms with Crippen molar-refractivity contribution in [2.24, 2.45) is 11.7 Å². The zero-order chi connectivity index (χ0) is 46.8. The van der Waals surface area contributed by atoms with Crippen LogP contribution in [-0.4, -0.2) is 135 Å². The second kappa shape index (κ2) is 25.0. The molecule has 2 aliphatic rings. The number of fused-ring (bicyclic) bond motifs is 2. The van der Waals surface area contributed by atoms with E-state index >= 15 is 0 Å². The molecule has 1 aromatic carbocycles. The first-order chi connectivity index (χ1) is 30.5. The van der Waals surface area contributed by atoms with Gasteiger partial charge in [-0.25, -0.2) is 10.3 Å². The molecule has 0 radical (unpaired) electrons. The Morgan fingerprint density at radius 1 is 0.812 bits per heavy atom. The van der Waals surface area contributed by atoms with Gasteiger partial charge in [-0.3, -0.25) is 48.4 Å². The zero-order valence-electron chi connectivity index (χ0n) is 35.3. The standard InChI is InChI=1S/C40H57N11O12S/c1-21(46-38(60)22(16-34(56)57)15-31(53)51-63)37(59)48-27(14-23-17-43-25-9-3-2-8-24(23)25)39(61)45-18-32(54)44-19-33(55)47-26(36(41)58)10-6-7-13-42-30(52)12-5-4-11-29-35-28(20-64-29)49-40(62)50-35/h2-3,8-9,17,21-22,26-29,35,43,63H,4-7,10-16,18-20H2,1H3,(H2,41,58)(H,42,52)(H,44,54)(H,45,61)(H,46,60)(H,47,55)(H,48,59)(H,51,53)(H,56,57)(H2,49,50,62)/t21-,22?,26-,27-,28-,29-,35-/m0/s1. The molecule has 0 spiro atoms. The van der Waals surface area contributed by atoms with Crippen molar-refractivity contribution >= 4 is 81.9 Å². The van der Waals surface area contributed by atoms with Crippen LogP contribution in [0.5, 0.6) is 0 Å². The van der Waals surface area contributed by atoms with Crippen molar-refractivity contribution in [1.82, 2.24) is 53.0 Å². The summed E-state index contributed by atoms with van der Waals surface area (Å²) in [5.74, 6) is -7.99. The van der Waals surface area contributed by atoms with Crippen molar-refractivity contribution in [3.8, 4) is 0 Å². The van der Waals surface area contributed by atoms with Gasteiger partial charge >= 0.3 is 12.0 Å². The number of hydrogen-bond donors (Lipinski definition) is 13. The second-order valence-corrected chi connectivity index (χ2v) is 16.9. The number of carboxylic acids is 1. The van der Waals surface area contributed by atoms with E-state index in [0.29, 0.717) is 43.0 Å². The fraction of sp³-hybridized carbons (Fsp3) is 0.550. The van der Waals surface area contributed by atoms with E-state index in [2.05, 4.69) is 47.5 Å². The largest absolute Gasteiger partial charge is 0.481 e. The van der Waals surface area contributed by atoms with Crippen LogP contribution >= 0.6 is 11.8 Å². The van der Waals surface area contributed by atoms with Crippen LogP contribution in [0.4, 0.5) is 4.79 Å². The van der Waals surface area contributed by atoms with Gasteiger partial charge in [0.2, 0.25) is 47.3 Å². The Balaban J connectivity index is 1.18. The Labute approximate surface area is 372 Å². The molecule has 0 aliphatic carbocycles. The minimum absolute atomic E-state index is 0.0754. The van der Waals surface area contributed by atoms with Gasteiger partial charge in [0.05, 0.1) is 37.5 Å². The van der Waals surface area contributed by atoms with E-state index < -0.39 is 97.3 Å². The van der Waals surface area contributed by atoms with Gasteiger partial charge in [-0.05, 0) is 50.7 Å². The monoisotopic (exact) mass is 915 g/mol. The van der Waals surface area contributed by atoms with Crippen LogP contribution in [0.3, 0.4) is 0 Å². The number of hydroxylamine groups is 1. The van der Waals surface area contributed by atoms with Crippen LogP contribution < -0.4 is 53.7 Å². The number of H-pyrrole nitrogens is 1. The van der Waals surface area contributed by atoms with Gasteiger partial charge in [0, 0.05) is 53.9 Å². The molecule has 2 aromatic rings. The molecule has 7 atom stereocenters. The SMILES string of the molecule is C[C@H](NC(=O)C(CC(=O)O)CC(=O)NO)C(=O)N[C@@H](Cc1c[nH]c2ccccc12)C(=O)NCC(=O)NCC(=O)N[C@@H](CCCCNC(=O)CCCC[C@@H]1SC[C@@H]2NC(=O)N[C@@H]21)C(N)=O. The van der Waals surface area contributed by atoms with E-state index in [9.17, 15) is 53.1 Å². The summed E-state index contributed by atoms with van der Waals surface area (Å²) >= 11 is 1.83. The molecule has 1 aromatic heterocycles. The highest BCUT2D eigenvalue weighted by Crippen LogP contribution is 2.33. The fourth-order valence-electron chi connectivity index (χ4n) is 7.29. The van der Waals surface area contributed by atoms with Crippen molar-refractivity contribution < 1.29 is 58.3 Å². The lowest BCUT2D eigenvalue weighted by atomic mass is 9.99. The molecule has 3 heterocycles. The summed E-state index contributed by atoms with van der Waals surface area (Å²) in [4.78, 5) is 127. The maximum atomic E-state index is 13.5. The quantitative estimate of drug-likeness (QED) is 0.0198. The molecular weight excluding hydrogens is 859 g/mol. The average Bonchev–Trinajstić information content (AvgIpc) is 3.96. The van der Waals surface area contributed by atoms with Gasteiger partial charge < -0.3 is 58.4 Å². The number of carbonyl (C=O) groups excluding carboxylic acids is 9. The molecule has 24 heteroatoms. The fourth-order valence-corrected chi connectivity index (χ4v) is 8.83. The Morgan fingerprint density at radius 3 is 2.30 bits per heavy atom. The predicted octanol–water partition coefficient (Wildman–Crippen LogP) is -2.10. The third kappa shape index (κ3) is 16.0. The Morgan fingerprint density at radius 2 is 1.56 bits per heavy atom. The Kier molecular flexibility index (Phi) is 19.6. The number of urea groups is 1. The van der Waals surface area contributed by atoms with Gasteiger partial charge in [0.1, 0.15) is 18.1 Å². The maximum Gasteiger partial charge on any atom is 0.315 e. The van der Waals surface area contributed by atoms with Crippen molar-refractivity contribution in [1.29, 1.82) is 0 Å². The van der Waals surface area contributed by atoms with Gasteiger partial charge in [-0.1, -0.05) is 24.6 Å². The number of aromatic amines is 1. The number of benzene rings is 1. The third-order valence-corrected chi connectivity index (χ3v) is 12.2. The van der Waals surface area contributed by atoms with E-state index in [4.69, 9.17) is 10.9 Å². The minimum atomic E-state index is -1.43. The summed E-state index contributed by atoms with van der Waals surface area (Å²) in [5, 5.41) is 39.9. The number of amides is 10. The van der Waals surface area contributed by atoms with Crippen molar-refractivity contribution in [2.45, 2.75) is 107 Å². The van der Waals surface area contributed by atoms with Gasteiger partial charge in [0.25, 0.3) is 0 Å². The van der Waals surface area contributed by atoms with Crippen LogP contribution in [-0.2, 0) is 49.6 Å². The summed E-state index contributed by atoms with van der Waals surface area (Å²) in [6, 6.07) is 3.64. The molecule has 1 unspecified atom stereocenters. The number of aromatic nitrogens is 1. The molecule has 2 aliphatic heterocycles. The number of nitrogens with one attached hydrogen (secondary N) is 10. The number of nitrogens with two attached hydrogens (primary N) is 1.